The largest absolute Gasteiger partial charge is 0.393 e. The molecule has 2 heterocycles. The number of aliphatic hydroxyl groups is 1. The van der Waals surface area contributed by atoms with Gasteiger partial charge in [0, 0.05) is 13.2 Å². The van der Waals surface area contributed by atoms with E-state index in [0.717, 1.165) is 38.9 Å². The van der Waals surface area contributed by atoms with Crippen molar-refractivity contribution in [1.82, 2.24) is 0 Å². The third-order valence-corrected chi connectivity index (χ3v) is 5.40. The molecule has 0 amide bonds. The molecule has 3 nitrogen and oxygen atoms in total. The van der Waals surface area contributed by atoms with Crippen molar-refractivity contribution in [1.29, 1.82) is 0 Å². The molecule has 3 fully saturated rings. The summed E-state index contributed by atoms with van der Waals surface area (Å²) >= 11 is 0. The molecular weight excluding hydrogens is 240 g/mol. The average Bonchev–Trinajstić information content (AvgIpc) is 2.44. The maximum atomic E-state index is 10.4. The van der Waals surface area contributed by atoms with E-state index in [0.29, 0.717) is 12.0 Å². The van der Waals surface area contributed by atoms with Gasteiger partial charge in [0.05, 0.1) is 17.8 Å². The molecule has 3 aliphatic rings. The van der Waals surface area contributed by atoms with Crippen LogP contribution < -0.4 is 0 Å². The molecule has 0 radical (unpaired) electrons. The molecule has 1 aliphatic carbocycles. The second-order valence-corrected chi connectivity index (χ2v) is 6.77. The summed E-state index contributed by atoms with van der Waals surface area (Å²) in [7, 11) is 0. The van der Waals surface area contributed by atoms with Gasteiger partial charge in [0.1, 0.15) is 0 Å². The van der Waals surface area contributed by atoms with E-state index in [2.05, 4.69) is 0 Å². The topological polar surface area (TPSA) is 38.7 Å². The average molecular weight is 268 g/mol. The lowest BCUT2D eigenvalue weighted by molar-refractivity contribution is -0.157. The van der Waals surface area contributed by atoms with Gasteiger partial charge in [-0.2, -0.15) is 0 Å². The Hall–Kier alpha value is -0.120. The van der Waals surface area contributed by atoms with E-state index in [9.17, 15) is 5.11 Å². The van der Waals surface area contributed by atoms with E-state index in [-0.39, 0.29) is 11.7 Å². The first-order valence-corrected chi connectivity index (χ1v) is 8.21. The number of ether oxygens (including phenoxy) is 2. The van der Waals surface area contributed by atoms with Crippen molar-refractivity contribution in [2.75, 3.05) is 13.2 Å². The Bertz CT molecular complexity index is 282. The Kier molecular flexibility index (Phi) is 4.45. The quantitative estimate of drug-likeness (QED) is 0.851. The van der Waals surface area contributed by atoms with Crippen LogP contribution in [0.25, 0.3) is 0 Å². The van der Waals surface area contributed by atoms with Crippen LogP contribution in [0.2, 0.25) is 0 Å². The predicted octanol–water partition coefficient (Wildman–Crippen LogP) is 3.05. The molecule has 1 N–H and O–H groups in total. The van der Waals surface area contributed by atoms with Crippen LogP contribution in [0.3, 0.4) is 0 Å². The normalized spacial score (nSPS) is 35.8. The van der Waals surface area contributed by atoms with Crippen molar-refractivity contribution in [3.8, 4) is 0 Å². The number of aliphatic hydroxyl groups excluding tert-OH is 1. The molecular formula is C16H28O3. The lowest BCUT2D eigenvalue weighted by atomic mass is 9.70. The second kappa shape index (κ2) is 6.11. The Labute approximate surface area is 116 Å². The Morgan fingerprint density at radius 1 is 1.11 bits per heavy atom. The van der Waals surface area contributed by atoms with Gasteiger partial charge < -0.3 is 14.6 Å². The third-order valence-electron chi connectivity index (χ3n) is 5.40. The minimum Gasteiger partial charge on any atom is -0.393 e. The van der Waals surface area contributed by atoms with Gasteiger partial charge >= 0.3 is 0 Å². The molecule has 0 aromatic rings. The molecule has 1 saturated carbocycles. The fraction of sp³-hybridized carbons (Fsp3) is 1.00. The van der Waals surface area contributed by atoms with E-state index in [4.69, 9.17) is 9.47 Å². The van der Waals surface area contributed by atoms with Crippen LogP contribution >= 0.6 is 0 Å². The van der Waals surface area contributed by atoms with Crippen LogP contribution in [-0.2, 0) is 9.47 Å². The van der Waals surface area contributed by atoms with E-state index < -0.39 is 0 Å². The van der Waals surface area contributed by atoms with Crippen molar-refractivity contribution >= 4 is 0 Å². The summed E-state index contributed by atoms with van der Waals surface area (Å²) in [6.07, 6.45) is 11.7. The zero-order chi connectivity index (χ0) is 13.1. The highest BCUT2D eigenvalue weighted by Crippen LogP contribution is 2.45. The van der Waals surface area contributed by atoms with Crippen LogP contribution in [0.5, 0.6) is 0 Å². The van der Waals surface area contributed by atoms with Gasteiger partial charge in [0.2, 0.25) is 0 Å². The van der Waals surface area contributed by atoms with E-state index in [1.807, 2.05) is 0 Å². The molecule has 2 aliphatic heterocycles. The fourth-order valence-corrected chi connectivity index (χ4v) is 3.94. The molecule has 19 heavy (non-hydrogen) atoms. The monoisotopic (exact) mass is 268 g/mol. The summed E-state index contributed by atoms with van der Waals surface area (Å²) in [4.78, 5) is 0. The van der Waals surface area contributed by atoms with E-state index >= 15 is 0 Å². The third kappa shape index (κ3) is 3.32. The van der Waals surface area contributed by atoms with Gasteiger partial charge in [-0.3, -0.25) is 0 Å². The highest BCUT2D eigenvalue weighted by molar-refractivity contribution is 4.95. The van der Waals surface area contributed by atoms with Crippen molar-refractivity contribution in [2.45, 2.75) is 82.0 Å². The maximum absolute atomic E-state index is 10.4. The summed E-state index contributed by atoms with van der Waals surface area (Å²) in [5.41, 5.74) is 0.158. The highest BCUT2D eigenvalue weighted by atomic mass is 16.5. The van der Waals surface area contributed by atoms with E-state index in [1.165, 1.54) is 38.5 Å². The highest BCUT2D eigenvalue weighted by Gasteiger charge is 2.44. The van der Waals surface area contributed by atoms with Crippen molar-refractivity contribution in [3.63, 3.8) is 0 Å². The van der Waals surface area contributed by atoms with E-state index in [1.54, 1.807) is 0 Å². The molecule has 0 aromatic carbocycles. The number of hydrogen-bond acceptors (Lipinski definition) is 3. The van der Waals surface area contributed by atoms with Crippen molar-refractivity contribution in [2.24, 2.45) is 5.92 Å². The molecule has 0 bridgehead atoms. The first-order valence-electron chi connectivity index (χ1n) is 8.21. The smallest absolute Gasteiger partial charge is 0.0686 e. The molecule has 0 aromatic heterocycles. The van der Waals surface area contributed by atoms with Crippen LogP contribution in [-0.4, -0.2) is 36.1 Å². The molecule has 110 valence electrons. The zero-order valence-electron chi connectivity index (χ0n) is 12.0. The Morgan fingerprint density at radius 2 is 2.00 bits per heavy atom. The summed E-state index contributed by atoms with van der Waals surface area (Å²) in [6.45, 7) is 1.77. The molecule has 3 atom stereocenters. The standard InChI is InChI=1S/C16H28O3/c17-15(6-5-14-4-1-2-10-18-14)13-7-11-19-16(12-13)8-3-9-16/h13-15,17H,1-12H2. The van der Waals surface area contributed by atoms with Gasteiger partial charge in [0.25, 0.3) is 0 Å². The first kappa shape index (κ1) is 13.8. The fourth-order valence-electron chi connectivity index (χ4n) is 3.94. The molecule has 3 heteroatoms. The summed E-state index contributed by atoms with van der Waals surface area (Å²) < 4.78 is 11.7. The number of rotatable bonds is 4. The van der Waals surface area contributed by atoms with Crippen LogP contribution in [0, 0.1) is 5.92 Å². The van der Waals surface area contributed by atoms with Gasteiger partial charge in [-0.15, -0.1) is 0 Å². The minimum atomic E-state index is -0.146. The number of hydrogen-bond donors (Lipinski definition) is 1. The lowest BCUT2D eigenvalue weighted by Gasteiger charge is -2.48. The SMILES string of the molecule is OC(CCC1CCCCO1)C1CCOC2(CCC2)C1. The minimum absolute atomic E-state index is 0.146. The van der Waals surface area contributed by atoms with Gasteiger partial charge in [-0.05, 0) is 70.1 Å². The summed E-state index contributed by atoms with van der Waals surface area (Å²) in [5.74, 6) is 0.456. The van der Waals surface area contributed by atoms with Gasteiger partial charge in [-0.1, -0.05) is 0 Å². The van der Waals surface area contributed by atoms with Gasteiger partial charge in [0.15, 0.2) is 0 Å². The van der Waals surface area contributed by atoms with Gasteiger partial charge in [-0.25, -0.2) is 0 Å². The Morgan fingerprint density at radius 3 is 2.68 bits per heavy atom. The maximum Gasteiger partial charge on any atom is 0.0686 e. The van der Waals surface area contributed by atoms with Crippen molar-refractivity contribution < 1.29 is 14.6 Å². The summed E-state index contributed by atoms with van der Waals surface area (Å²) in [5, 5.41) is 10.4. The summed E-state index contributed by atoms with van der Waals surface area (Å²) in [6, 6.07) is 0. The Balaban J connectivity index is 1.42. The first-order chi connectivity index (χ1) is 9.27. The van der Waals surface area contributed by atoms with Crippen LogP contribution in [0.1, 0.15) is 64.2 Å². The van der Waals surface area contributed by atoms with Crippen LogP contribution in [0.4, 0.5) is 0 Å². The lowest BCUT2D eigenvalue weighted by Crippen LogP contribution is -2.47. The molecule has 3 unspecified atom stereocenters. The van der Waals surface area contributed by atoms with Crippen molar-refractivity contribution in [3.05, 3.63) is 0 Å². The molecule has 2 saturated heterocycles. The second-order valence-electron chi connectivity index (χ2n) is 6.77. The predicted molar refractivity (Wildman–Crippen MR) is 74.1 cm³/mol. The zero-order valence-corrected chi connectivity index (χ0v) is 12.0. The molecule has 1 spiro atoms. The van der Waals surface area contributed by atoms with Crippen LogP contribution in [0.15, 0.2) is 0 Å². The molecule has 3 rings (SSSR count).